The number of amides is 1. The van der Waals surface area contributed by atoms with E-state index in [0.717, 1.165) is 16.5 Å². The van der Waals surface area contributed by atoms with E-state index in [9.17, 15) is 4.79 Å². The van der Waals surface area contributed by atoms with Crippen LogP contribution in [0.1, 0.15) is 6.92 Å². The molecule has 0 bridgehead atoms. The third-order valence-electron chi connectivity index (χ3n) is 4.29. The van der Waals surface area contributed by atoms with E-state index in [2.05, 4.69) is 10.3 Å². The number of methoxy groups -OCH3 is 2. The molecule has 2 aromatic rings. The van der Waals surface area contributed by atoms with Crippen LogP contribution in [0.5, 0.6) is 11.6 Å². The number of aromatic nitrogens is 1. The van der Waals surface area contributed by atoms with E-state index in [-0.39, 0.29) is 17.9 Å². The maximum atomic E-state index is 11.8. The Kier molecular flexibility index (Phi) is 4.34. The molecule has 122 valence electrons. The summed E-state index contributed by atoms with van der Waals surface area (Å²) in [6.07, 6.45) is 1.28. The Morgan fingerprint density at radius 3 is 2.78 bits per heavy atom. The summed E-state index contributed by atoms with van der Waals surface area (Å²) >= 11 is 0. The number of nitrogens with one attached hydrogen (secondary N) is 1. The standard InChI is InChI=1S/C17H20N2O4/c1-10-14(19-16(20)15(10)22-3)9-23-17-13-8-12(21-2)5-4-11(13)6-7-18-17/h4-8,10,14-15H,9H2,1-3H3,(H,19,20)/t10-,14+,15+/m0/s1. The topological polar surface area (TPSA) is 69.7 Å². The highest BCUT2D eigenvalue weighted by atomic mass is 16.5. The lowest BCUT2D eigenvalue weighted by Crippen LogP contribution is -2.34. The van der Waals surface area contributed by atoms with E-state index >= 15 is 0 Å². The zero-order valence-corrected chi connectivity index (χ0v) is 13.4. The van der Waals surface area contributed by atoms with Crippen molar-refractivity contribution in [3.05, 3.63) is 30.5 Å². The van der Waals surface area contributed by atoms with Crippen molar-refractivity contribution >= 4 is 16.7 Å². The molecule has 1 amide bonds. The summed E-state index contributed by atoms with van der Waals surface area (Å²) < 4.78 is 16.4. The highest BCUT2D eigenvalue weighted by Crippen LogP contribution is 2.28. The van der Waals surface area contributed by atoms with Crippen LogP contribution in [-0.4, -0.2) is 43.9 Å². The first-order valence-electron chi connectivity index (χ1n) is 7.52. The maximum absolute atomic E-state index is 11.8. The SMILES string of the molecule is COc1ccc2ccnc(OC[C@H]3NC(=O)[C@H](OC)[C@H]3C)c2c1. The van der Waals surface area contributed by atoms with Gasteiger partial charge in [-0.15, -0.1) is 0 Å². The van der Waals surface area contributed by atoms with Gasteiger partial charge in [-0.3, -0.25) is 4.79 Å². The van der Waals surface area contributed by atoms with E-state index in [4.69, 9.17) is 14.2 Å². The number of hydrogen-bond donors (Lipinski definition) is 1. The lowest BCUT2D eigenvalue weighted by atomic mass is 10.0. The number of ether oxygens (including phenoxy) is 3. The number of rotatable bonds is 5. The first-order chi connectivity index (χ1) is 11.1. The molecule has 1 N–H and O–H groups in total. The van der Waals surface area contributed by atoms with Gasteiger partial charge in [-0.05, 0) is 23.6 Å². The summed E-state index contributed by atoms with van der Waals surface area (Å²) in [6.45, 7) is 2.32. The first-order valence-corrected chi connectivity index (χ1v) is 7.52. The maximum Gasteiger partial charge on any atom is 0.249 e. The van der Waals surface area contributed by atoms with Gasteiger partial charge in [0.25, 0.3) is 0 Å². The van der Waals surface area contributed by atoms with Gasteiger partial charge >= 0.3 is 0 Å². The van der Waals surface area contributed by atoms with Crippen molar-refractivity contribution in [2.24, 2.45) is 5.92 Å². The van der Waals surface area contributed by atoms with Crippen LogP contribution >= 0.6 is 0 Å². The molecule has 1 aliphatic rings. The molecular weight excluding hydrogens is 296 g/mol. The smallest absolute Gasteiger partial charge is 0.249 e. The summed E-state index contributed by atoms with van der Waals surface area (Å²) in [7, 11) is 3.17. The summed E-state index contributed by atoms with van der Waals surface area (Å²) in [5.74, 6) is 1.22. The first kappa shape index (κ1) is 15.6. The minimum Gasteiger partial charge on any atom is -0.497 e. The lowest BCUT2D eigenvalue weighted by molar-refractivity contribution is -0.128. The number of carbonyl (C=O) groups is 1. The van der Waals surface area contributed by atoms with Gasteiger partial charge in [-0.25, -0.2) is 4.98 Å². The number of benzene rings is 1. The molecule has 3 rings (SSSR count). The van der Waals surface area contributed by atoms with Gasteiger partial charge in [0.1, 0.15) is 18.5 Å². The second-order valence-electron chi connectivity index (χ2n) is 5.64. The predicted octanol–water partition coefficient (Wildman–Crippen LogP) is 1.77. The monoisotopic (exact) mass is 316 g/mol. The third kappa shape index (κ3) is 2.94. The summed E-state index contributed by atoms with van der Waals surface area (Å²) in [5, 5.41) is 4.81. The number of nitrogens with zero attached hydrogens (tertiary/aromatic N) is 1. The molecule has 1 aromatic carbocycles. The summed E-state index contributed by atoms with van der Waals surface area (Å²) in [6, 6.07) is 7.57. The van der Waals surface area contributed by atoms with Crippen LogP contribution in [0.25, 0.3) is 10.8 Å². The minimum atomic E-state index is -0.427. The van der Waals surface area contributed by atoms with Gasteiger partial charge in [-0.2, -0.15) is 0 Å². The quantitative estimate of drug-likeness (QED) is 0.910. The van der Waals surface area contributed by atoms with E-state index < -0.39 is 6.10 Å². The highest BCUT2D eigenvalue weighted by molar-refractivity contribution is 5.88. The number of pyridine rings is 1. The average molecular weight is 316 g/mol. The largest absolute Gasteiger partial charge is 0.497 e. The van der Waals surface area contributed by atoms with Crippen LogP contribution in [0, 0.1) is 5.92 Å². The van der Waals surface area contributed by atoms with Gasteiger partial charge in [0.05, 0.1) is 13.2 Å². The normalized spacial score (nSPS) is 23.8. The Morgan fingerprint density at radius 1 is 1.26 bits per heavy atom. The Balaban J connectivity index is 1.78. The Hall–Kier alpha value is -2.34. The van der Waals surface area contributed by atoms with Crippen molar-refractivity contribution < 1.29 is 19.0 Å². The van der Waals surface area contributed by atoms with Crippen LogP contribution in [0.3, 0.4) is 0 Å². The average Bonchev–Trinajstić information content (AvgIpc) is 2.85. The molecule has 0 saturated carbocycles. The number of fused-ring (bicyclic) bond motifs is 1. The Morgan fingerprint density at radius 2 is 2.09 bits per heavy atom. The lowest BCUT2D eigenvalue weighted by Gasteiger charge is -2.18. The third-order valence-corrected chi connectivity index (χ3v) is 4.29. The minimum absolute atomic E-state index is 0.0389. The van der Waals surface area contributed by atoms with Crippen molar-refractivity contribution in [1.29, 1.82) is 0 Å². The van der Waals surface area contributed by atoms with Crippen LogP contribution in [0.4, 0.5) is 0 Å². The molecule has 0 radical (unpaired) electrons. The zero-order chi connectivity index (χ0) is 16.4. The van der Waals surface area contributed by atoms with Gasteiger partial charge in [-0.1, -0.05) is 13.0 Å². The second-order valence-corrected chi connectivity index (χ2v) is 5.64. The second kappa shape index (κ2) is 6.42. The molecule has 23 heavy (non-hydrogen) atoms. The number of carbonyl (C=O) groups excluding carboxylic acids is 1. The predicted molar refractivity (Wildman–Crippen MR) is 85.7 cm³/mol. The molecule has 1 aliphatic heterocycles. The van der Waals surface area contributed by atoms with Gasteiger partial charge in [0.15, 0.2) is 0 Å². The molecule has 3 atom stereocenters. The van der Waals surface area contributed by atoms with Crippen LogP contribution in [-0.2, 0) is 9.53 Å². The molecule has 0 unspecified atom stereocenters. The molecular formula is C17H20N2O4. The van der Waals surface area contributed by atoms with Crippen LogP contribution < -0.4 is 14.8 Å². The van der Waals surface area contributed by atoms with Crippen molar-refractivity contribution in [1.82, 2.24) is 10.3 Å². The van der Waals surface area contributed by atoms with Crippen molar-refractivity contribution in [2.75, 3.05) is 20.8 Å². The van der Waals surface area contributed by atoms with Crippen molar-refractivity contribution in [3.63, 3.8) is 0 Å². The molecule has 6 nitrogen and oxygen atoms in total. The van der Waals surface area contributed by atoms with E-state index in [1.807, 2.05) is 31.2 Å². The van der Waals surface area contributed by atoms with Crippen LogP contribution in [0.2, 0.25) is 0 Å². The molecule has 6 heteroatoms. The summed E-state index contributed by atoms with van der Waals surface area (Å²) in [4.78, 5) is 16.1. The summed E-state index contributed by atoms with van der Waals surface area (Å²) in [5.41, 5.74) is 0. The van der Waals surface area contributed by atoms with E-state index in [1.165, 1.54) is 0 Å². The molecule has 1 fully saturated rings. The Labute approximate surface area is 134 Å². The van der Waals surface area contributed by atoms with Crippen molar-refractivity contribution in [3.8, 4) is 11.6 Å². The van der Waals surface area contributed by atoms with Gasteiger partial charge in [0, 0.05) is 24.6 Å². The fraction of sp³-hybridized carbons (Fsp3) is 0.412. The fourth-order valence-electron chi connectivity index (χ4n) is 2.89. The van der Waals surface area contributed by atoms with E-state index in [0.29, 0.717) is 12.5 Å². The molecule has 1 saturated heterocycles. The van der Waals surface area contributed by atoms with Gasteiger partial charge < -0.3 is 19.5 Å². The molecule has 2 heterocycles. The number of hydrogen-bond acceptors (Lipinski definition) is 5. The zero-order valence-electron chi connectivity index (χ0n) is 13.4. The van der Waals surface area contributed by atoms with Crippen LogP contribution in [0.15, 0.2) is 30.5 Å². The molecule has 0 spiro atoms. The Bertz CT molecular complexity index is 719. The molecule has 0 aliphatic carbocycles. The molecule has 1 aromatic heterocycles. The highest BCUT2D eigenvalue weighted by Gasteiger charge is 2.39. The van der Waals surface area contributed by atoms with Crippen molar-refractivity contribution in [2.45, 2.75) is 19.1 Å². The van der Waals surface area contributed by atoms with Gasteiger partial charge in [0.2, 0.25) is 11.8 Å². The van der Waals surface area contributed by atoms with E-state index in [1.54, 1.807) is 20.4 Å². The fourth-order valence-corrected chi connectivity index (χ4v) is 2.89.